The summed E-state index contributed by atoms with van der Waals surface area (Å²) in [7, 11) is 0. The molecule has 1 aromatic heterocycles. The highest BCUT2D eigenvalue weighted by Gasteiger charge is 2.18. The number of halogens is 4. The fraction of sp³-hybridized carbons (Fsp3) is 0. The summed E-state index contributed by atoms with van der Waals surface area (Å²) in [6.07, 6.45) is 1.18. The Morgan fingerprint density at radius 1 is 1.12 bits per heavy atom. The molecule has 0 aliphatic rings. The molecule has 0 bridgehead atoms. The average Bonchev–Trinajstić information content (AvgIpc) is 2.50. The summed E-state index contributed by atoms with van der Waals surface area (Å²) in [5.41, 5.74) is -0.0744. The van der Waals surface area contributed by atoms with E-state index in [2.05, 4.69) is 15.3 Å². The van der Waals surface area contributed by atoms with Crippen LogP contribution in [0.3, 0.4) is 0 Å². The van der Waals surface area contributed by atoms with Gasteiger partial charge in [-0.2, -0.15) is 4.39 Å². The average molecular weight is 373 g/mol. The normalized spacial score (nSPS) is 10.3. The molecular weight excluding hydrogens is 365 g/mol. The van der Waals surface area contributed by atoms with E-state index in [1.54, 1.807) is 0 Å². The van der Waals surface area contributed by atoms with Crippen molar-refractivity contribution in [2.45, 2.75) is 0 Å². The number of benzene rings is 2. The molecule has 0 saturated carbocycles. The van der Waals surface area contributed by atoms with Crippen molar-refractivity contribution in [1.29, 1.82) is 0 Å². The van der Waals surface area contributed by atoms with Gasteiger partial charge in [-0.15, -0.1) is 12.4 Å². The minimum Gasteiger partial charge on any atom is -0.340 e. The number of anilines is 2. The van der Waals surface area contributed by atoms with E-state index in [1.807, 2.05) is 0 Å². The van der Waals surface area contributed by atoms with Crippen LogP contribution < -0.4 is 5.32 Å². The van der Waals surface area contributed by atoms with Crippen LogP contribution in [-0.2, 0) is 0 Å². The van der Waals surface area contributed by atoms with Crippen molar-refractivity contribution in [3.63, 3.8) is 0 Å². The Morgan fingerprint density at radius 3 is 2.54 bits per heavy atom. The highest BCUT2D eigenvalue weighted by atomic mass is 35.5. The summed E-state index contributed by atoms with van der Waals surface area (Å²) >= 11 is 5.70. The monoisotopic (exact) mass is 372 g/mol. The first-order valence-electron chi connectivity index (χ1n) is 6.26. The maximum absolute atomic E-state index is 13.6. The maximum atomic E-state index is 13.6. The number of aromatic nitrogens is 2. The fourth-order valence-corrected chi connectivity index (χ4v) is 2.20. The molecule has 3 aromatic rings. The zero-order valence-corrected chi connectivity index (χ0v) is 13.2. The van der Waals surface area contributed by atoms with Crippen molar-refractivity contribution < 1.29 is 13.7 Å². The second-order valence-electron chi connectivity index (χ2n) is 4.55. The first kappa shape index (κ1) is 17.8. The third kappa shape index (κ3) is 3.34. The van der Waals surface area contributed by atoms with Gasteiger partial charge in [0.2, 0.25) is 5.82 Å². The molecule has 0 spiro atoms. The molecule has 1 N–H and O–H groups in total. The van der Waals surface area contributed by atoms with Gasteiger partial charge < -0.3 is 5.32 Å². The molecule has 6 nitrogen and oxygen atoms in total. The fourth-order valence-electron chi connectivity index (χ4n) is 2.02. The van der Waals surface area contributed by atoms with Gasteiger partial charge in [0.1, 0.15) is 18.0 Å². The van der Waals surface area contributed by atoms with Crippen LogP contribution >= 0.6 is 24.0 Å². The minimum absolute atomic E-state index is 0. The van der Waals surface area contributed by atoms with Gasteiger partial charge in [0, 0.05) is 17.8 Å². The molecule has 0 aliphatic carbocycles. The van der Waals surface area contributed by atoms with Gasteiger partial charge in [0.05, 0.1) is 20.8 Å². The lowest BCUT2D eigenvalue weighted by Gasteiger charge is -2.09. The Kier molecular flexibility index (Phi) is 5.10. The van der Waals surface area contributed by atoms with Crippen molar-refractivity contribution in [1.82, 2.24) is 9.97 Å². The number of hydrogen-bond donors (Lipinski definition) is 1. The Morgan fingerprint density at radius 2 is 1.88 bits per heavy atom. The van der Waals surface area contributed by atoms with Crippen LogP contribution in [0.4, 0.5) is 26.0 Å². The molecule has 0 saturated heterocycles. The van der Waals surface area contributed by atoms with Crippen LogP contribution in [0.15, 0.2) is 36.7 Å². The Balaban J connectivity index is 0.00000208. The summed E-state index contributed by atoms with van der Waals surface area (Å²) in [6.45, 7) is 0. The van der Waals surface area contributed by atoms with E-state index in [4.69, 9.17) is 11.6 Å². The molecule has 24 heavy (non-hydrogen) atoms. The lowest BCUT2D eigenvalue weighted by Crippen LogP contribution is -1.99. The number of hydrogen-bond acceptors (Lipinski definition) is 5. The van der Waals surface area contributed by atoms with E-state index < -0.39 is 22.2 Å². The molecule has 0 aliphatic heterocycles. The quantitative estimate of drug-likeness (QED) is 0.535. The molecule has 0 unspecified atom stereocenters. The topological polar surface area (TPSA) is 81.0 Å². The van der Waals surface area contributed by atoms with Gasteiger partial charge in [-0.1, -0.05) is 11.6 Å². The lowest BCUT2D eigenvalue weighted by atomic mass is 10.2. The van der Waals surface area contributed by atoms with Crippen molar-refractivity contribution in [3.05, 3.63) is 63.4 Å². The van der Waals surface area contributed by atoms with E-state index in [1.165, 1.54) is 18.5 Å². The van der Waals surface area contributed by atoms with Crippen LogP contribution in [0.2, 0.25) is 5.02 Å². The van der Waals surface area contributed by atoms with E-state index in [0.717, 1.165) is 18.2 Å². The smallest absolute Gasteiger partial charge is 0.305 e. The molecule has 10 heteroatoms. The molecule has 2 aromatic carbocycles. The summed E-state index contributed by atoms with van der Waals surface area (Å²) in [4.78, 5) is 17.9. The predicted octanol–water partition coefficient (Wildman–Crippen LogP) is 4.64. The Hall–Kier alpha value is -2.58. The van der Waals surface area contributed by atoms with Gasteiger partial charge in [-0.05, 0) is 18.2 Å². The second kappa shape index (κ2) is 6.90. The van der Waals surface area contributed by atoms with Gasteiger partial charge >= 0.3 is 5.69 Å². The van der Waals surface area contributed by atoms with Crippen molar-refractivity contribution in [2.75, 3.05) is 5.32 Å². The number of nitro groups is 1. The van der Waals surface area contributed by atoms with Crippen LogP contribution in [0.5, 0.6) is 0 Å². The van der Waals surface area contributed by atoms with Gasteiger partial charge in [-0.3, -0.25) is 10.1 Å². The highest BCUT2D eigenvalue weighted by Crippen LogP contribution is 2.29. The van der Waals surface area contributed by atoms with Crippen LogP contribution in [0.1, 0.15) is 0 Å². The Labute approximate surface area is 145 Å². The van der Waals surface area contributed by atoms with Crippen molar-refractivity contribution >= 4 is 52.1 Å². The van der Waals surface area contributed by atoms with Crippen LogP contribution in [-0.4, -0.2) is 14.9 Å². The summed E-state index contributed by atoms with van der Waals surface area (Å²) < 4.78 is 26.8. The molecule has 0 atom stereocenters. The van der Waals surface area contributed by atoms with E-state index >= 15 is 0 Å². The lowest BCUT2D eigenvalue weighted by molar-refractivity contribution is -0.387. The van der Waals surface area contributed by atoms with Crippen molar-refractivity contribution in [2.24, 2.45) is 0 Å². The summed E-state index contributed by atoms with van der Waals surface area (Å²) in [6, 6.07) is 5.92. The number of nitrogens with one attached hydrogen (secondary N) is 1. The molecule has 0 amide bonds. The van der Waals surface area contributed by atoms with E-state index in [0.29, 0.717) is 5.69 Å². The Bertz CT molecular complexity index is 940. The van der Waals surface area contributed by atoms with Gasteiger partial charge in [0.15, 0.2) is 0 Å². The zero-order chi connectivity index (χ0) is 16.6. The minimum atomic E-state index is -0.989. The number of nitrogens with zero attached hydrogens (tertiary/aromatic N) is 3. The predicted molar refractivity (Wildman–Crippen MR) is 88.1 cm³/mol. The summed E-state index contributed by atoms with van der Waals surface area (Å²) in [5, 5.41) is 13.9. The van der Waals surface area contributed by atoms with Gasteiger partial charge in [-0.25, -0.2) is 14.4 Å². The molecule has 0 radical (unpaired) electrons. The zero-order valence-electron chi connectivity index (χ0n) is 11.7. The first-order valence-corrected chi connectivity index (χ1v) is 6.64. The molecule has 124 valence electrons. The van der Waals surface area contributed by atoms with Crippen LogP contribution in [0.25, 0.3) is 10.9 Å². The molecule has 3 rings (SSSR count). The summed E-state index contributed by atoms with van der Waals surface area (Å²) in [5.74, 6) is -1.36. The third-order valence-corrected chi connectivity index (χ3v) is 3.37. The largest absolute Gasteiger partial charge is 0.340 e. The first-order chi connectivity index (χ1) is 11.0. The molecule has 0 fully saturated rings. The standard InChI is InChI=1S/C14H7ClF2N4O2.ClH/c15-9-3-7(1-2-10(9)16)20-14-8-4-13(21(22)23)11(17)5-12(8)18-6-19-14;/h1-6H,(H,18,19,20);1H. The molecule has 1 heterocycles. The van der Waals surface area contributed by atoms with E-state index in [9.17, 15) is 18.9 Å². The SMILES string of the molecule is Cl.O=[N+]([O-])c1cc2c(Nc3ccc(F)c(Cl)c3)ncnc2cc1F. The number of fused-ring (bicyclic) bond motifs is 1. The van der Waals surface area contributed by atoms with E-state index in [-0.39, 0.29) is 34.2 Å². The maximum Gasteiger partial charge on any atom is 0.305 e. The van der Waals surface area contributed by atoms with Crippen LogP contribution in [0, 0.1) is 21.7 Å². The number of nitro benzene ring substituents is 1. The second-order valence-corrected chi connectivity index (χ2v) is 4.96. The van der Waals surface area contributed by atoms with Gasteiger partial charge in [0.25, 0.3) is 0 Å². The third-order valence-electron chi connectivity index (χ3n) is 3.08. The number of rotatable bonds is 3. The highest BCUT2D eigenvalue weighted by molar-refractivity contribution is 6.31. The molecular formula is C14H8Cl2F2N4O2. The van der Waals surface area contributed by atoms with Crippen molar-refractivity contribution in [3.8, 4) is 0 Å².